The van der Waals surface area contributed by atoms with Crippen molar-refractivity contribution in [3.8, 4) is 0 Å². The summed E-state index contributed by atoms with van der Waals surface area (Å²) in [7, 11) is 2.18. The van der Waals surface area contributed by atoms with Crippen LogP contribution in [0.25, 0.3) is 0 Å². The Morgan fingerprint density at radius 2 is 1.89 bits per heavy atom. The quantitative estimate of drug-likeness (QED) is 0.447. The number of nitrogens with zero attached hydrogens (tertiary/aromatic N) is 1. The third-order valence-corrected chi connectivity index (χ3v) is 1.63. The predicted octanol–water partition coefficient (Wildman–Crippen LogP) is 1.62. The smallest absolute Gasteiger partial charge is 0.154 e. The molecule has 0 radical (unpaired) electrons. The maximum atomic E-state index is 2.38. The van der Waals surface area contributed by atoms with Crippen LogP contribution in [0.1, 0.15) is 13.8 Å². The van der Waals surface area contributed by atoms with Gasteiger partial charge < -0.3 is 4.90 Å². The minimum atomic E-state index is 0.949. The Bertz CT molecular complexity index is 57.9. The summed E-state index contributed by atoms with van der Waals surface area (Å²) in [5.41, 5.74) is 0. The summed E-state index contributed by atoms with van der Waals surface area (Å²) in [4.78, 5) is 2.38. The summed E-state index contributed by atoms with van der Waals surface area (Å²) in [5.74, 6) is 0. The molecule has 0 N–H and O–H groups in total. The molecular formula is C7H18BN. The Hall–Kier alpha value is 0.0249. The van der Waals surface area contributed by atoms with E-state index in [9.17, 15) is 0 Å². The maximum Gasteiger partial charge on any atom is 0.154 e. The Balaban J connectivity index is 0.000000291. The molecule has 1 rings (SSSR count). The average Bonchev–Trinajstić information content (AvgIpc) is 2.20. The van der Waals surface area contributed by atoms with Gasteiger partial charge in [0.1, 0.15) is 0 Å². The van der Waals surface area contributed by atoms with Gasteiger partial charge in [-0.05, 0) is 20.0 Å². The molecule has 0 aliphatic carbocycles. The van der Waals surface area contributed by atoms with Gasteiger partial charge >= 0.3 is 0 Å². The largest absolute Gasteiger partial charge is 0.314 e. The van der Waals surface area contributed by atoms with Crippen LogP contribution in [0.3, 0.4) is 0 Å². The SMILES string of the molecule is CB1CCN(C)C1.CC. The minimum absolute atomic E-state index is 0.949. The summed E-state index contributed by atoms with van der Waals surface area (Å²) in [6.07, 6.45) is 2.70. The zero-order chi connectivity index (χ0) is 7.28. The second-order valence-electron chi connectivity index (χ2n) is 2.66. The van der Waals surface area contributed by atoms with E-state index >= 15 is 0 Å². The van der Waals surface area contributed by atoms with Crippen LogP contribution in [0, 0.1) is 0 Å². The lowest BCUT2D eigenvalue weighted by Crippen LogP contribution is -2.16. The Morgan fingerprint density at radius 3 is 2.00 bits per heavy atom. The summed E-state index contributed by atoms with van der Waals surface area (Å²) >= 11 is 0. The van der Waals surface area contributed by atoms with E-state index in [1.165, 1.54) is 19.3 Å². The lowest BCUT2D eigenvalue weighted by Gasteiger charge is -2.03. The normalized spacial score (nSPS) is 19.3. The maximum absolute atomic E-state index is 2.38. The van der Waals surface area contributed by atoms with Crippen molar-refractivity contribution in [2.45, 2.75) is 27.0 Å². The number of rotatable bonds is 0. The van der Waals surface area contributed by atoms with Gasteiger partial charge in [0.05, 0.1) is 0 Å². The van der Waals surface area contributed by atoms with Gasteiger partial charge in [0.25, 0.3) is 0 Å². The highest BCUT2D eigenvalue weighted by Gasteiger charge is 2.16. The van der Waals surface area contributed by atoms with Gasteiger partial charge in [-0.25, -0.2) is 0 Å². The third-order valence-electron chi connectivity index (χ3n) is 1.63. The first-order valence-electron chi connectivity index (χ1n) is 3.97. The molecule has 54 valence electrons. The molecule has 0 atom stereocenters. The molecule has 1 fully saturated rings. The van der Waals surface area contributed by atoms with Gasteiger partial charge in [0.15, 0.2) is 6.71 Å². The molecule has 0 saturated carbocycles. The monoisotopic (exact) mass is 127 g/mol. The van der Waals surface area contributed by atoms with Crippen LogP contribution in [0.2, 0.25) is 13.1 Å². The van der Waals surface area contributed by atoms with Crippen molar-refractivity contribution in [3.63, 3.8) is 0 Å². The van der Waals surface area contributed by atoms with E-state index in [0.717, 1.165) is 6.71 Å². The van der Waals surface area contributed by atoms with Crippen molar-refractivity contribution in [1.82, 2.24) is 4.90 Å². The van der Waals surface area contributed by atoms with Gasteiger partial charge in [-0.15, -0.1) is 0 Å². The second-order valence-corrected chi connectivity index (χ2v) is 2.66. The van der Waals surface area contributed by atoms with Crippen molar-refractivity contribution in [1.29, 1.82) is 0 Å². The Morgan fingerprint density at radius 1 is 1.33 bits per heavy atom. The van der Waals surface area contributed by atoms with Crippen molar-refractivity contribution >= 4 is 6.71 Å². The molecule has 0 aromatic rings. The molecule has 1 saturated heterocycles. The van der Waals surface area contributed by atoms with Crippen LogP contribution >= 0.6 is 0 Å². The van der Waals surface area contributed by atoms with Gasteiger partial charge in [-0.1, -0.05) is 27.0 Å². The topological polar surface area (TPSA) is 3.24 Å². The fourth-order valence-corrected chi connectivity index (χ4v) is 1.16. The number of hydrogen-bond donors (Lipinski definition) is 0. The van der Waals surface area contributed by atoms with E-state index < -0.39 is 0 Å². The molecule has 1 heterocycles. The lowest BCUT2D eigenvalue weighted by atomic mass is 9.52. The first kappa shape index (κ1) is 9.02. The highest BCUT2D eigenvalue weighted by Crippen LogP contribution is 2.04. The molecular weight excluding hydrogens is 109 g/mol. The van der Waals surface area contributed by atoms with E-state index in [2.05, 4.69) is 18.8 Å². The standard InChI is InChI=1S/C5H12BN.C2H6/c1-6-3-4-7(2)5-6;1-2/h3-5H2,1-2H3;1-2H3. The van der Waals surface area contributed by atoms with E-state index in [1.807, 2.05) is 13.8 Å². The molecule has 0 aromatic carbocycles. The summed E-state index contributed by atoms with van der Waals surface area (Å²) in [5, 5.41) is 0. The highest BCUT2D eigenvalue weighted by molar-refractivity contribution is 6.58. The molecule has 1 nitrogen and oxygen atoms in total. The predicted molar refractivity (Wildman–Crippen MR) is 45.3 cm³/mol. The molecule has 0 aromatic heterocycles. The van der Waals surface area contributed by atoms with Gasteiger partial charge in [0, 0.05) is 0 Å². The summed E-state index contributed by atoms with van der Waals surface area (Å²) in [6, 6.07) is 0. The average molecular weight is 127 g/mol. The van der Waals surface area contributed by atoms with Crippen LogP contribution in [0.5, 0.6) is 0 Å². The molecule has 9 heavy (non-hydrogen) atoms. The Kier molecular flexibility index (Phi) is 4.88. The Labute approximate surface area is 59.5 Å². The van der Waals surface area contributed by atoms with E-state index in [0.29, 0.717) is 0 Å². The zero-order valence-electron chi connectivity index (χ0n) is 7.15. The fraction of sp³-hybridized carbons (Fsp3) is 1.00. The minimum Gasteiger partial charge on any atom is -0.314 e. The first-order chi connectivity index (χ1) is 4.29. The van der Waals surface area contributed by atoms with Crippen molar-refractivity contribution in [2.75, 3.05) is 20.0 Å². The van der Waals surface area contributed by atoms with E-state index in [1.54, 1.807) is 0 Å². The van der Waals surface area contributed by atoms with Gasteiger partial charge in [0.2, 0.25) is 0 Å². The lowest BCUT2D eigenvalue weighted by molar-refractivity contribution is 0.435. The van der Waals surface area contributed by atoms with Crippen LogP contribution in [-0.2, 0) is 0 Å². The van der Waals surface area contributed by atoms with Gasteiger partial charge in [-0.3, -0.25) is 0 Å². The molecule has 2 heteroatoms. The second kappa shape index (κ2) is 4.86. The van der Waals surface area contributed by atoms with Crippen molar-refractivity contribution < 1.29 is 0 Å². The number of hydrogen-bond acceptors (Lipinski definition) is 1. The summed E-state index contributed by atoms with van der Waals surface area (Å²) < 4.78 is 0. The molecule has 0 spiro atoms. The molecule has 0 bridgehead atoms. The summed E-state index contributed by atoms with van der Waals surface area (Å²) in [6.45, 7) is 8.56. The third kappa shape index (κ3) is 3.58. The van der Waals surface area contributed by atoms with E-state index in [-0.39, 0.29) is 0 Å². The molecule has 0 amide bonds. The molecule has 0 unspecified atom stereocenters. The van der Waals surface area contributed by atoms with Crippen LogP contribution in [-0.4, -0.2) is 31.6 Å². The van der Waals surface area contributed by atoms with Crippen LogP contribution in [0.15, 0.2) is 0 Å². The molecule has 1 aliphatic heterocycles. The van der Waals surface area contributed by atoms with Crippen molar-refractivity contribution in [3.05, 3.63) is 0 Å². The van der Waals surface area contributed by atoms with Crippen LogP contribution in [0.4, 0.5) is 0 Å². The van der Waals surface area contributed by atoms with E-state index in [4.69, 9.17) is 0 Å². The van der Waals surface area contributed by atoms with Crippen molar-refractivity contribution in [2.24, 2.45) is 0 Å². The fourth-order valence-electron chi connectivity index (χ4n) is 1.16. The highest BCUT2D eigenvalue weighted by atomic mass is 15.1. The van der Waals surface area contributed by atoms with Gasteiger partial charge in [-0.2, -0.15) is 0 Å². The molecule has 1 aliphatic rings. The zero-order valence-corrected chi connectivity index (χ0v) is 7.15. The first-order valence-corrected chi connectivity index (χ1v) is 3.97. The van der Waals surface area contributed by atoms with Crippen LogP contribution < -0.4 is 0 Å².